The number of nitriles is 1. The number of carbonyl (C=O) groups excluding carboxylic acids is 2. The van der Waals surface area contributed by atoms with Crippen LogP contribution in [0.2, 0.25) is 5.02 Å². The van der Waals surface area contributed by atoms with Crippen LogP contribution < -0.4 is 5.32 Å². The molecule has 0 aliphatic carbocycles. The summed E-state index contributed by atoms with van der Waals surface area (Å²) in [7, 11) is 0. The third-order valence-electron chi connectivity index (χ3n) is 4.75. The third kappa shape index (κ3) is 6.55. The summed E-state index contributed by atoms with van der Waals surface area (Å²) >= 11 is 10.0. The van der Waals surface area contributed by atoms with Crippen LogP contribution in [0.25, 0.3) is 6.08 Å². The summed E-state index contributed by atoms with van der Waals surface area (Å²) in [6.45, 7) is 2.01. The maximum Gasteiger partial charge on any atom is 0.338 e. The molecule has 1 N–H and O–H groups in total. The Morgan fingerprint density at radius 3 is 2.45 bits per heavy atom. The van der Waals surface area contributed by atoms with E-state index in [-0.39, 0.29) is 12.2 Å². The van der Waals surface area contributed by atoms with Crippen molar-refractivity contribution in [3.05, 3.63) is 104 Å². The van der Waals surface area contributed by atoms with Crippen LogP contribution in [-0.2, 0) is 16.0 Å². The molecule has 5 nitrogen and oxygen atoms in total. The van der Waals surface area contributed by atoms with Crippen LogP contribution in [0.4, 0.5) is 5.69 Å². The highest BCUT2D eigenvalue weighted by Crippen LogP contribution is 2.26. The summed E-state index contributed by atoms with van der Waals surface area (Å²) in [5.41, 5.74) is 3.44. The van der Waals surface area contributed by atoms with Crippen LogP contribution in [0.5, 0.6) is 0 Å². The number of halogens is 2. The largest absolute Gasteiger partial charge is 0.462 e. The van der Waals surface area contributed by atoms with Crippen LogP contribution >= 0.6 is 27.5 Å². The lowest BCUT2D eigenvalue weighted by atomic mass is 10.0. The van der Waals surface area contributed by atoms with Gasteiger partial charge in [0.05, 0.1) is 12.2 Å². The zero-order valence-electron chi connectivity index (χ0n) is 17.8. The minimum absolute atomic E-state index is 0.0703. The molecule has 7 heteroatoms. The molecule has 0 spiro atoms. The van der Waals surface area contributed by atoms with Crippen molar-refractivity contribution in [2.24, 2.45) is 0 Å². The molecule has 0 heterocycles. The number of carbonyl (C=O) groups is 2. The van der Waals surface area contributed by atoms with Crippen molar-refractivity contribution in [2.75, 3.05) is 11.9 Å². The Bertz CT molecular complexity index is 1250. The first-order chi connectivity index (χ1) is 15.9. The molecule has 3 aromatic carbocycles. The quantitative estimate of drug-likeness (QED) is 0.220. The van der Waals surface area contributed by atoms with E-state index in [9.17, 15) is 14.9 Å². The van der Waals surface area contributed by atoms with E-state index in [2.05, 4.69) is 21.2 Å². The molecule has 0 aliphatic heterocycles. The molecule has 166 valence electrons. The number of nitrogens with one attached hydrogen (secondary N) is 1. The minimum Gasteiger partial charge on any atom is -0.462 e. The molecular weight excluding hydrogens is 504 g/mol. The maximum absolute atomic E-state index is 12.6. The van der Waals surface area contributed by atoms with Gasteiger partial charge >= 0.3 is 5.97 Å². The van der Waals surface area contributed by atoms with Gasteiger partial charge in [-0.2, -0.15) is 5.26 Å². The molecule has 3 aromatic rings. The normalized spacial score (nSPS) is 10.9. The van der Waals surface area contributed by atoms with Crippen LogP contribution in [0, 0.1) is 11.3 Å². The van der Waals surface area contributed by atoms with Crippen LogP contribution in [0.3, 0.4) is 0 Å². The summed E-state index contributed by atoms with van der Waals surface area (Å²) in [5, 5.41) is 12.7. The molecule has 0 radical (unpaired) electrons. The number of nitrogens with zero attached hydrogens (tertiary/aromatic N) is 1. The summed E-state index contributed by atoms with van der Waals surface area (Å²) in [5.74, 6) is -0.997. The zero-order valence-corrected chi connectivity index (χ0v) is 20.1. The molecule has 33 heavy (non-hydrogen) atoms. The summed E-state index contributed by atoms with van der Waals surface area (Å²) < 4.78 is 5.94. The monoisotopic (exact) mass is 522 g/mol. The third-order valence-corrected chi connectivity index (χ3v) is 5.87. The molecule has 0 unspecified atom stereocenters. The van der Waals surface area contributed by atoms with Crippen LogP contribution in [0.15, 0.2) is 76.8 Å². The van der Waals surface area contributed by atoms with Crippen molar-refractivity contribution in [3.8, 4) is 6.07 Å². The maximum atomic E-state index is 12.6. The number of benzene rings is 3. The van der Waals surface area contributed by atoms with Crippen molar-refractivity contribution >= 4 is 51.2 Å². The Labute approximate surface area is 205 Å². The van der Waals surface area contributed by atoms with Gasteiger partial charge in [-0.3, -0.25) is 4.79 Å². The second-order valence-corrected chi connectivity index (χ2v) is 8.30. The Morgan fingerprint density at radius 2 is 1.82 bits per heavy atom. The predicted molar refractivity (Wildman–Crippen MR) is 133 cm³/mol. The molecule has 0 atom stereocenters. The van der Waals surface area contributed by atoms with Gasteiger partial charge in [-0.05, 0) is 66.1 Å². The molecule has 0 saturated heterocycles. The van der Waals surface area contributed by atoms with Gasteiger partial charge in [0.15, 0.2) is 0 Å². The average molecular weight is 524 g/mol. The smallest absolute Gasteiger partial charge is 0.338 e. The van der Waals surface area contributed by atoms with E-state index >= 15 is 0 Å². The second kappa shape index (κ2) is 11.5. The van der Waals surface area contributed by atoms with E-state index in [1.165, 1.54) is 6.08 Å². The summed E-state index contributed by atoms with van der Waals surface area (Å²) in [6, 6.07) is 21.5. The van der Waals surface area contributed by atoms with Crippen molar-refractivity contribution in [3.63, 3.8) is 0 Å². The van der Waals surface area contributed by atoms with Crippen molar-refractivity contribution in [1.82, 2.24) is 0 Å². The SMILES string of the molecule is CCOC(=O)c1ccc(NC(=O)/C(C#N)=C/c2ccc(Cc3ccccc3Br)c(Cl)c2)cc1. The number of anilines is 1. The van der Waals surface area contributed by atoms with Gasteiger partial charge in [-0.25, -0.2) is 4.79 Å². The fourth-order valence-electron chi connectivity index (χ4n) is 3.06. The van der Waals surface area contributed by atoms with E-state index in [0.717, 1.165) is 15.6 Å². The first-order valence-corrected chi connectivity index (χ1v) is 11.3. The highest BCUT2D eigenvalue weighted by atomic mass is 79.9. The van der Waals surface area contributed by atoms with Crippen LogP contribution in [-0.4, -0.2) is 18.5 Å². The molecule has 0 aliphatic rings. The lowest BCUT2D eigenvalue weighted by Crippen LogP contribution is -2.13. The summed E-state index contributed by atoms with van der Waals surface area (Å²) in [4.78, 5) is 24.3. The molecule has 0 aromatic heterocycles. The second-order valence-electron chi connectivity index (χ2n) is 7.04. The molecular formula is C26H20BrClN2O3. The number of esters is 1. The summed E-state index contributed by atoms with van der Waals surface area (Å²) in [6.07, 6.45) is 2.13. The van der Waals surface area contributed by atoms with Gasteiger partial charge < -0.3 is 10.1 Å². The number of rotatable bonds is 7. The van der Waals surface area contributed by atoms with Crippen LogP contribution in [0.1, 0.15) is 34.0 Å². The number of hydrogen-bond acceptors (Lipinski definition) is 4. The fraction of sp³-hybridized carbons (Fsp3) is 0.115. The highest BCUT2D eigenvalue weighted by molar-refractivity contribution is 9.10. The van der Waals surface area contributed by atoms with Gasteiger partial charge in [0, 0.05) is 21.6 Å². The van der Waals surface area contributed by atoms with Gasteiger partial charge in [-0.15, -0.1) is 0 Å². The topological polar surface area (TPSA) is 79.2 Å². The van der Waals surface area contributed by atoms with Crippen molar-refractivity contribution in [1.29, 1.82) is 5.26 Å². The molecule has 0 saturated carbocycles. The number of hydrogen-bond donors (Lipinski definition) is 1. The standard InChI is InChI=1S/C26H20BrClN2O3/c1-2-33-26(32)18-9-11-22(12-10-18)30-25(31)21(16-29)13-17-7-8-20(24(28)14-17)15-19-5-3-4-6-23(19)27/h3-14H,2,15H2,1H3,(H,30,31)/b21-13+. The lowest BCUT2D eigenvalue weighted by Gasteiger charge is -2.08. The first kappa shape index (κ1) is 24.2. The van der Waals surface area contributed by atoms with E-state index < -0.39 is 11.9 Å². The highest BCUT2D eigenvalue weighted by Gasteiger charge is 2.12. The Hall–Kier alpha value is -3.40. The Balaban J connectivity index is 1.72. The molecule has 0 bridgehead atoms. The lowest BCUT2D eigenvalue weighted by molar-refractivity contribution is -0.112. The average Bonchev–Trinajstić information content (AvgIpc) is 2.81. The van der Waals surface area contributed by atoms with E-state index in [1.54, 1.807) is 37.3 Å². The molecule has 3 rings (SSSR count). The fourth-order valence-corrected chi connectivity index (χ4v) is 3.74. The molecule has 0 fully saturated rings. The first-order valence-electron chi connectivity index (χ1n) is 10.1. The van der Waals surface area contributed by atoms with E-state index in [4.69, 9.17) is 16.3 Å². The van der Waals surface area contributed by atoms with Gasteiger partial charge in [0.2, 0.25) is 0 Å². The van der Waals surface area contributed by atoms with Crippen molar-refractivity contribution in [2.45, 2.75) is 13.3 Å². The predicted octanol–water partition coefficient (Wildman–Crippen LogP) is 6.42. The number of ether oxygens (including phenoxy) is 1. The van der Waals surface area contributed by atoms with Gasteiger partial charge in [0.1, 0.15) is 11.6 Å². The van der Waals surface area contributed by atoms with Gasteiger partial charge in [-0.1, -0.05) is 57.9 Å². The van der Waals surface area contributed by atoms with Crippen molar-refractivity contribution < 1.29 is 14.3 Å². The van der Waals surface area contributed by atoms with E-state index in [0.29, 0.717) is 28.3 Å². The minimum atomic E-state index is -0.560. The zero-order chi connectivity index (χ0) is 23.8. The Morgan fingerprint density at radius 1 is 1.09 bits per heavy atom. The molecule has 1 amide bonds. The Kier molecular flexibility index (Phi) is 8.42. The number of amides is 1. The van der Waals surface area contributed by atoms with E-state index in [1.807, 2.05) is 42.5 Å². The van der Waals surface area contributed by atoms with Gasteiger partial charge in [0.25, 0.3) is 5.91 Å².